The number of rotatable bonds is 5. The van der Waals surface area contributed by atoms with E-state index in [1.165, 1.54) is 4.31 Å². The van der Waals surface area contributed by atoms with Gasteiger partial charge in [-0.15, -0.1) is 15.9 Å². The number of hydrogen-bond acceptors (Lipinski definition) is 6. The molecule has 4 rings (SSSR count). The molecule has 1 aliphatic heterocycles. The molecule has 0 unspecified atom stereocenters. The summed E-state index contributed by atoms with van der Waals surface area (Å²) < 4.78 is 59.1. The lowest BCUT2D eigenvalue weighted by atomic mass is 9.83. The van der Waals surface area contributed by atoms with Crippen molar-refractivity contribution in [3.05, 3.63) is 87.2 Å². The van der Waals surface area contributed by atoms with Gasteiger partial charge in [-0.25, -0.2) is 18.7 Å². The van der Waals surface area contributed by atoms with E-state index in [2.05, 4.69) is 10.2 Å². The Balaban J connectivity index is 1.66. The lowest BCUT2D eigenvalue weighted by Crippen LogP contribution is -2.41. The molecule has 178 valence electrons. The Bertz CT molecular complexity index is 1200. The topological polar surface area (TPSA) is 103 Å². The molecule has 2 heterocycles. The van der Waals surface area contributed by atoms with E-state index in [0.29, 0.717) is 12.8 Å². The van der Waals surface area contributed by atoms with Gasteiger partial charge in [-0.2, -0.15) is 4.31 Å². The first-order chi connectivity index (χ1) is 15.5. The summed E-state index contributed by atoms with van der Waals surface area (Å²) in [5.74, 6) is -2.25. The summed E-state index contributed by atoms with van der Waals surface area (Å²) in [4.78, 5) is 11.3. The second-order valence-corrected chi connectivity index (χ2v) is 11.1. The largest absolute Gasteiger partial charge is 0.434 e. The van der Waals surface area contributed by atoms with E-state index in [0.717, 1.165) is 17.7 Å². The van der Waals surface area contributed by atoms with Crippen molar-refractivity contribution in [2.24, 2.45) is 0 Å². The molecule has 0 amide bonds. The predicted octanol–water partition coefficient (Wildman–Crippen LogP) is 5.36. The number of benzene rings is 2. The SMILES string of the molecule is C[C@H]1CC[C@H](c2ccccc2)S(O)(O)N1Cc1cc(F)c(C(C)(C)c2n[nH]c(=O)o2)cc1F. The quantitative estimate of drug-likeness (QED) is 0.455. The van der Waals surface area contributed by atoms with Crippen LogP contribution in [0.2, 0.25) is 0 Å². The number of aromatic amines is 1. The van der Waals surface area contributed by atoms with Gasteiger partial charge in [0.05, 0.1) is 10.7 Å². The molecule has 3 aromatic rings. The van der Waals surface area contributed by atoms with Crippen molar-refractivity contribution in [1.29, 1.82) is 0 Å². The van der Waals surface area contributed by atoms with E-state index in [9.17, 15) is 13.9 Å². The molecule has 0 aliphatic carbocycles. The predicted molar refractivity (Wildman–Crippen MR) is 122 cm³/mol. The van der Waals surface area contributed by atoms with Crippen LogP contribution >= 0.6 is 10.8 Å². The standard InChI is InChI=1S/C23H27F2N3O4S/c1-14-9-10-20(15-7-5-4-6-8-15)33(30,31)28(14)13-16-11-19(25)17(12-18(16)24)23(2,3)21-26-27-22(29)32-21/h4-8,11-12,14,20,30-31H,9-10,13H2,1-3H3,(H,27,29)/t14-,20+/m0/s1. The van der Waals surface area contributed by atoms with Crippen molar-refractivity contribution in [2.45, 2.75) is 56.9 Å². The maximum atomic E-state index is 15.2. The Morgan fingerprint density at radius 3 is 2.52 bits per heavy atom. The van der Waals surface area contributed by atoms with Crippen LogP contribution in [0.5, 0.6) is 0 Å². The van der Waals surface area contributed by atoms with Crippen LogP contribution in [0.15, 0.2) is 51.7 Å². The smallest absolute Gasteiger partial charge is 0.392 e. The zero-order valence-corrected chi connectivity index (χ0v) is 19.4. The number of aromatic nitrogens is 2. The first-order valence-electron chi connectivity index (χ1n) is 10.6. The van der Waals surface area contributed by atoms with Crippen LogP contribution in [0.3, 0.4) is 0 Å². The monoisotopic (exact) mass is 479 g/mol. The lowest BCUT2D eigenvalue weighted by molar-refractivity contribution is 0.238. The minimum atomic E-state index is -3.29. The third-order valence-corrected chi connectivity index (χ3v) is 8.80. The van der Waals surface area contributed by atoms with Gasteiger partial charge in [0.2, 0.25) is 5.89 Å². The van der Waals surface area contributed by atoms with Gasteiger partial charge in [0.15, 0.2) is 0 Å². The molecule has 0 radical (unpaired) electrons. The van der Waals surface area contributed by atoms with Crippen molar-refractivity contribution in [2.75, 3.05) is 0 Å². The molecule has 33 heavy (non-hydrogen) atoms. The van der Waals surface area contributed by atoms with E-state index in [1.807, 2.05) is 37.3 Å². The molecular formula is C23H27F2N3O4S. The van der Waals surface area contributed by atoms with E-state index in [1.54, 1.807) is 13.8 Å². The van der Waals surface area contributed by atoms with E-state index < -0.39 is 38.8 Å². The van der Waals surface area contributed by atoms with E-state index in [-0.39, 0.29) is 29.6 Å². The molecule has 0 spiro atoms. The average molecular weight is 480 g/mol. The molecule has 1 fully saturated rings. The van der Waals surface area contributed by atoms with Gasteiger partial charge in [0.25, 0.3) is 0 Å². The first-order valence-corrected chi connectivity index (χ1v) is 12.2. The molecule has 10 heteroatoms. The molecule has 2 atom stereocenters. The zero-order valence-electron chi connectivity index (χ0n) is 18.6. The second-order valence-electron chi connectivity index (χ2n) is 8.93. The number of H-pyrrole nitrogens is 1. The highest BCUT2D eigenvalue weighted by atomic mass is 32.3. The number of nitrogens with zero attached hydrogens (tertiary/aromatic N) is 2. The molecule has 1 aromatic heterocycles. The van der Waals surface area contributed by atoms with Crippen LogP contribution in [0.1, 0.15) is 61.4 Å². The lowest BCUT2D eigenvalue weighted by Gasteiger charge is -2.54. The highest BCUT2D eigenvalue weighted by Crippen LogP contribution is 2.63. The molecule has 1 aliphatic rings. The van der Waals surface area contributed by atoms with E-state index in [4.69, 9.17) is 4.42 Å². The van der Waals surface area contributed by atoms with Gasteiger partial charge in [0.1, 0.15) is 11.6 Å². The summed E-state index contributed by atoms with van der Waals surface area (Å²) >= 11 is 0. The highest BCUT2D eigenvalue weighted by molar-refractivity contribution is 8.22. The van der Waals surface area contributed by atoms with Gasteiger partial charge >= 0.3 is 5.76 Å². The van der Waals surface area contributed by atoms with Gasteiger partial charge in [-0.3, -0.25) is 9.11 Å². The fraction of sp³-hybridized carbons (Fsp3) is 0.391. The Kier molecular flexibility index (Phi) is 6.21. The normalized spacial score (nSPS) is 22.3. The highest BCUT2D eigenvalue weighted by Gasteiger charge is 2.41. The molecule has 0 bridgehead atoms. The summed E-state index contributed by atoms with van der Waals surface area (Å²) in [6, 6.07) is 11.1. The number of halogens is 2. The zero-order chi connectivity index (χ0) is 24.0. The third-order valence-electron chi connectivity index (χ3n) is 6.34. The molecular weight excluding hydrogens is 452 g/mol. The van der Waals surface area contributed by atoms with Crippen molar-refractivity contribution in [1.82, 2.24) is 14.5 Å². The number of nitrogens with one attached hydrogen (secondary N) is 1. The summed E-state index contributed by atoms with van der Waals surface area (Å²) in [5, 5.41) is 5.37. The fourth-order valence-corrected chi connectivity index (χ4v) is 6.62. The Morgan fingerprint density at radius 2 is 1.88 bits per heavy atom. The van der Waals surface area contributed by atoms with Crippen molar-refractivity contribution in [3.63, 3.8) is 0 Å². The van der Waals surface area contributed by atoms with Gasteiger partial charge < -0.3 is 4.42 Å². The average Bonchev–Trinajstić information content (AvgIpc) is 3.20. The van der Waals surface area contributed by atoms with Crippen molar-refractivity contribution >= 4 is 10.8 Å². The summed E-state index contributed by atoms with van der Waals surface area (Å²) in [6.07, 6.45) is 1.27. The Morgan fingerprint density at radius 1 is 1.18 bits per heavy atom. The van der Waals surface area contributed by atoms with Crippen LogP contribution in [0.25, 0.3) is 0 Å². The summed E-state index contributed by atoms with van der Waals surface area (Å²) in [6.45, 7) is 4.82. The third kappa shape index (κ3) is 4.35. The van der Waals surface area contributed by atoms with Crippen LogP contribution in [0.4, 0.5) is 8.78 Å². The Hall–Kier alpha value is -2.53. The van der Waals surface area contributed by atoms with E-state index >= 15 is 8.78 Å². The van der Waals surface area contributed by atoms with Gasteiger partial charge in [0, 0.05) is 23.7 Å². The minimum Gasteiger partial charge on any atom is -0.392 e. The molecule has 3 N–H and O–H groups in total. The Labute approximate surface area is 191 Å². The molecule has 2 aromatic carbocycles. The van der Waals surface area contributed by atoms with Gasteiger partial charge in [-0.05, 0) is 51.3 Å². The minimum absolute atomic E-state index is 0.0102. The molecule has 0 saturated carbocycles. The first kappa shape index (κ1) is 23.6. The molecule has 7 nitrogen and oxygen atoms in total. The van der Waals surface area contributed by atoms with Crippen molar-refractivity contribution in [3.8, 4) is 0 Å². The van der Waals surface area contributed by atoms with Gasteiger partial charge in [-0.1, -0.05) is 30.3 Å². The second kappa shape index (κ2) is 8.68. The van der Waals surface area contributed by atoms with Crippen LogP contribution in [0, 0.1) is 11.6 Å². The van der Waals surface area contributed by atoms with Crippen molar-refractivity contribution < 1.29 is 22.3 Å². The summed E-state index contributed by atoms with van der Waals surface area (Å²) in [7, 11) is -3.29. The fourth-order valence-electron chi connectivity index (χ4n) is 4.36. The summed E-state index contributed by atoms with van der Waals surface area (Å²) in [5.41, 5.74) is -0.420. The van der Waals surface area contributed by atoms with Crippen LogP contribution < -0.4 is 5.76 Å². The maximum Gasteiger partial charge on any atom is 0.434 e. The van der Waals surface area contributed by atoms with Crippen LogP contribution in [-0.4, -0.2) is 29.6 Å². The molecule has 1 saturated heterocycles. The maximum absolute atomic E-state index is 15.2. The number of hydrogen-bond donors (Lipinski definition) is 3. The van der Waals surface area contributed by atoms with Crippen LogP contribution in [-0.2, 0) is 12.0 Å².